The van der Waals surface area contributed by atoms with Gasteiger partial charge in [0.05, 0.1) is 0 Å². The molecule has 1 heterocycles. The Morgan fingerprint density at radius 3 is 2.36 bits per heavy atom. The van der Waals surface area contributed by atoms with Gasteiger partial charge in [-0.05, 0) is 37.7 Å². The molecule has 1 aromatic carbocycles. The van der Waals surface area contributed by atoms with E-state index in [0.717, 1.165) is 37.7 Å². The van der Waals surface area contributed by atoms with E-state index in [-0.39, 0.29) is 18.0 Å². The molecule has 2 fully saturated rings. The summed E-state index contributed by atoms with van der Waals surface area (Å²) >= 11 is 0. The van der Waals surface area contributed by atoms with Gasteiger partial charge in [-0.25, -0.2) is 0 Å². The highest BCUT2D eigenvalue weighted by molar-refractivity contribution is 7.86. The van der Waals surface area contributed by atoms with Crippen LogP contribution in [-0.4, -0.2) is 55.2 Å². The highest BCUT2D eigenvalue weighted by atomic mass is 32.2. The summed E-state index contributed by atoms with van der Waals surface area (Å²) in [5.41, 5.74) is 1.16. The van der Waals surface area contributed by atoms with Crippen molar-refractivity contribution in [1.82, 2.24) is 13.9 Å². The van der Waals surface area contributed by atoms with Gasteiger partial charge in [0.2, 0.25) is 5.91 Å². The summed E-state index contributed by atoms with van der Waals surface area (Å²) in [6, 6.07) is 10.2. The molecule has 3 rings (SSSR count). The van der Waals surface area contributed by atoms with Crippen molar-refractivity contribution in [2.45, 2.75) is 69.9 Å². The van der Waals surface area contributed by atoms with Gasteiger partial charge in [-0.3, -0.25) is 4.79 Å². The maximum absolute atomic E-state index is 12.9. The highest BCUT2D eigenvalue weighted by Gasteiger charge is 2.35. The molecule has 1 saturated heterocycles. The van der Waals surface area contributed by atoms with E-state index in [4.69, 9.17) is 0 Å². The van der Waals surface area contributed by atoms with E-state index >= 15 is 0 Å². The van der Waals surface area contributed by atoms with E-state index in [1.54, 1.807) is 15.7 Å². The Morgan fingerprint density at radius 2 is 1.71 bits per heavy atom. The van der Waals surface area contributed by atoms with Crippen molar-refractivity contribution in [3.8, 4) is 0 Å². The van der Waals surface area contributed by atoms with Gasteiger partial charge in [0, 0.05) is 38.6 Å². The minimum atomic E-state index is -3.41. The van der Waals surface area contributed by atoms with Gasteiger partial charge < -0.3 is 5.32 Å². The summed E-state index contributed by atoms with van der Waals surface area (Å²) < 4.78 is 29.1. The Morgan fingerprint density at radius 1 is 1.07 bits per heavy atom. The van der Waals surface area contributed by atoms with Gasteiger partial charge in [-0.1, -0.05) is 49.6 Å². The first kappa shape index (κ1) is 21.3. The summed E-state index contributed by atoms with van der Waals surface area (Å²) in [6.45, 7) is 0.950. The zero-order valence-corrected chi connectivity index (χ0v) is 17.7. The Bertz CT molecular complexity index is 725. The molecule has 7 heteroatoms. The number of rotatable bonds is 7. The molecule has 0 aromatic heterocycles. The Hall–Kier alpha value is -1.44. The van der Waals surface area contributed by atoms with Crippen molar-refractivity contribution in [3.63, 3.8) is 0 Å². The van der Waals surface area contributed by atoms with Gasteiger partial charge in [0.25, 0.3) is 10.2 Å². The van der Waals surface area contributed by atoms with Crippen LogP contribution in [0.15, 0.2) is 30.3 Å². The normalized spacial score (nSPS) is 20.4. The molecule has 1 aliphatic carbocycles. The maximum atomic E-state index is 12.9. The molecule has 0 radical (unpaired) electrons. The van der Waals surface area contributed by atoms with E-state index in [9.17, 15) is 13.2 Å². The Kier molecular flexibility index (Phi) is 7.48. The summed E-state index contributed by atoms with van der Waals surface area (Å²) in [6.07, 6.45) is 7.90. The van der Waals surface area contributed by atoms with Crippen molar-refractivity contribution in [1.29, 1.82) is 0 Å². The number of benzene rings is 1. The lowest BCUT2D eigenvalue weighted by atomic mass is 9.96. The summed E-state index contributed by atoms with van der Waals surface area (Å²) in [7, 11) is -1.68. The molecule has 1 amide bonds. The molecule has 1 aromatic rings. The lowest BCUT2D eigenvalue weighted by Gasteiger charge is -2.37. The van der Waals surface area contributed by atoms with E-state index in [0.29, 0.717) is 32.4 Å². The summed E-state index contributed by atoms with van der Waals surface area (Å²) in [5, 5.41) is 3.08. The van der Waals surface area contributed by atoms with Gasteiger partial charge in [-0.2, -0.15) is 17.0 Å². The van der Waals surface area contributed by atoms with E-state index in [2.05, 4.69) is 5.32 Å². The monoisotopic (exact) mass is 407 g/mol. The molecule has 1 aliphatic heterocycles. The molecule has 156 valence electrons. The smallest absolute Gasteiger partial charge is 0.281 e. The molecule has 1 saturated carbocycles. The average Bonchev–Trinajstić information content (AvgIpc) is 2.73. The molecule has 0 bridgehead atoms. The summed E-state index contributed by atoms with van der Waals surface area (Å²) in [4.78, 5) is 12.2. The first-order chi connectivity index (χ1) is 13.5. The topological polar surface area (TPSA) is 69.7 Å². The molecular formula is C21H33N3O3S. The average molecular weight is 408 g/mol. The number of piperidine rings is 1. The number of carbonyl (C=O) groups excluding carboxylic acids is 1. The molecule has 0 atom stereocenters. The van der Waals surface area contributed by atoms with Gasteiger partial charge >= 0.3 is 0 Å². The van der Waals surface area contributed by atoms with E-state index < -0.39 is 10.2 Å². The highest BCUT2D eigenvalue weighted by Crippen LogP contribution is 2.26. The molecule has 28 heavy (non-hydrogen) atoms. The zero-order chi connectivity index (χ0) is 20.0. The van der Waals surface area contributed by atoms with Crippen LogP contribution in [0.3, 0.4) is 0 Å². The molecule has 0 unspecified atom stereocenters. The van der Waals surface area contributed by atoms with Crippen LogP contribution in [0.25, 0.3) is 0 Å². The van der Waals surface area contributed by atoms with Crippen LogP contribution in [0.4, 0.5) is 0 Å². The molecule has 1 N–H and O–H groups in total. The number of nitrogens with zero attached hydrogens (tertiary/aromatic N) is 2. The minimum Gasteiger partial charge on any atom is -0.353 e. The SMILES string of the molecule is CN(C1CCCCC1)S(=O)(=O)N1CCC(NC(=O)CCc2ccccc2)CC1. The third-order valence-electron chi connectivity index (χ3n) is 6.08. The van der Waals surface area contributed by atoms with Crippen molar-refractivity contribution in [2.24, 2.45) is 0 Å². The van der Waals surface area contributed by atoms with E-state index in [1.807, 2.05) is 30.3 Å². The van der Waals surface area contributed by atoms with Crippen LogP contribution >= 0.6 is 0 Å². The fourth-order valence-corrected chi connectivity index (χ4v) is 5.87. The van der Waals surface area contributed by atoms with Crippen LogP contribution in [0, 0.1) is 0 Å². The number of hydrogen-bond donors (Lipinski definition) is 1. The lowest BCUT2D eigenvalue weighted by molar-refractivity contribution is -0.122. The van der Waals surface area contributed by atoms with Gasteiger partial charge in [0.1, 0.15) is 0 Å². The minimum absolute atomic E-state index is 0.0458. The van der Waals surface area contributed by atoms with Gasteiger partial charge in [0.15, 0.2) is 0 Å². The molecule has 6 nitrogen and oxygen atoms in total. The van der Waals surface area contributed by atoms with Crippen molar-refractivity contribution < 1.29 is 13.2 Å². The molecule has 2 aliphatic rings. The number of aryl methyl sites for hydroxylation is 1. The first-order valence-corrected chi connectivity index (χ1v) is 11.9. The third kappa shape index (κ3) is 5.55. The van der Waals surface area contributed by atoms with Crippen LogP contribution in [0.2, 0.25) is 0 Å². The number of amides is 1. The van der Waals surface area contributed by atoms with Crippen LogP contribution in [0.1, 0.15) is 56.9 Å². The first-order valence-electron chi connectivity index (χ1n) is 10.5. The maximum Gasteiger partial charge on any atom is 0.281 e. The van der Waals surface area contributed by atoms with Crippen molar-refractivity contribution in [2.75, 3.05) is 20.1 Å². The van der Waals surface area contributed by atoms with Crippen LogP contribution in [-0.2, 0) is 21.4 Å². The fourth-order valence-electron chi connectivity index (χ4n) is 4.25. The number of hydrogen-bond acceptors (Lipinski definition) is 3. The lowest BCUT2D eigenvalue weighted by Crippen LogP contribution is -2.52. The zero-order valence-electron chi connectivity index (χ0n) is 16.8. The Balaban J connectivity index is 1.43. The Labute approximate surface area is 169 Å². The number of carbonyl (C=O) groups is 1. The predicted molar refractivity (Wildman–Crippen MR) is 111 cm³/mol. The largest absolute Gasteiger partial charge is 0.353 e. The van der Waals surface area contributed by atoms with Crippen molar-refractivity contribution >= 4 is 16.1 Å². The quantitative estimate of drug-likeness (QED) is 0.756. The molecule has 0 spiro atoms. The second-order valence-corrected chi connectivity index (χ2v) is 10.0. The fraction of sp³-hybridized carbons (Fsp3) is 0.667. The number of nitrogens with one attached hydrogen (secondary N) is 1. The second kappa shape index (κ2) is 9.85. The van der Waals surface area contributed by atoms with Crippen LogP contribution < -0.4 is 5.32 Å². The van der Waals surface area contributed by atoms with E-state index in [1.165, 1.54) is 6.42 Å². The third-order valence-corrected chi connectivity index (χ3v) is 8.13. The second-order valence-electron chi connectivity index (χ2n) is 8.04. The van der Waals surface area contributed by atoms with Gasteiger partial charge in [-0.15, -0.1) is 0 Å². The summed E-state index contributed by atoms with van der Waals surface area (Å²) in [5.74, 6) is 0.0458. The van der Waals surface area contributed by atoms with Crippen LogP contribution in [0.5, 0.6) is 0 Å². The standard InChI is InChI=1S/C21H33N3O3S/c1-23(20-10-6-3-7-11-20)28(26,27)24-16-14-19(15-17-24)22-21(25)13-12-18-8-4-2-5-9-18/h2,4-5,8-9,19-20H,3,6-7,10-17H2,1H3,(H,22,25). The van der Waals surface area contributed by atoms with Crippen molar-refractivity contribution in [3.05, 3.63) is 35.9 Å². The predicted octanol–water partition coefficient (Wildman–Crippen LogP) is 2.71. The molecular weight excluding hydrogens is 374 g/mol.